The Balaban J connectivity index is 2.77. The molecule has 2 aliphatic rings. The zero-order chi connectivity index (χ0) is 9.22. The second kappa shape index (κ2) is 1.75. The zero-order valence-corrected chi connectivity index (χ0v) is 7.08. The Morgan fingerprint density at radius 1 is 1.31 bits per heavy atom. The predicted molar refractivity (Wildman–Crippen MR) is 44.5 cm³/mol. The lowest BCUT2D eigenvalue weighted by molar-refractivity contribution is 0.454. The summed E-state index contributed by atoms with van der Waals surface area (Å²) in [6.45, 7) is 0. The highest BCUT2D eigenvalue weighted by Gasteiger charge is 2.30. The Labute approximate surface area is 72.9 Å². The van der Waals surface area contributed by atoms with Crippen molar-refractivity contribution in [2.24, 2.45) is 9.98 Å². The summed E-state index contributed by atoms with van der Waals surface area (Å²) in [5.74, 6) is -0.195. The number of benzene rings is 1. The van der Waals surface area contributed by atoms with Gasteiger partial charge in [-0.25, -0.2) is 14.2 Å². The average molecular weight is 196 g/mol. The molecule has 0 fully saturated rings. The number of hydrogen-bond acceptors (Lipinski definition) is 4. The number of hydrogen-bond donors (Lipinski definition) is 2. The fourth-order valence-electron chi connectivity index (χ4n) is 1.46. The number of aromatic hydroxyl groups is 1. The van der Waals surface area contributed by atoms with Crippen LogP contribution in [0.3, 0.4) is 0 Å². The van der Waals surface area contributed by atoms with Crippen LogP contribution in [0.4, 0.5) is 0 Å². The van der Waals surface area contributed by atoms with Crippen LogP contribution in [0.15, 0.2) is 27.0 Å². The minimum Gasteiger partial charge on any atom is -0.507 e. The number of fused-ring (bicyclic) bond motifs is 1. The second-order valence-corrected chi connectivity index (χ2v) is 4.64. The predicted octanol–water partition coefficient (Wildman–Crippen LogP) is -1.14. The van der Waals surface area contributed by atoms with Gasteiger partial charge in [0.1, 0.15) is 16.0 Å². The third kappa shape index (κ3) is 0.619. The van der Waals surface area contributed by atoms with Crippen molar-refractivity contribution in [1.82, 2.24) is 0 Å². The molecule has 0 amide bonds. The van der Waals surface area contributed by atoms with Crippen LogP contribution in [0.1, 0.15) is 0 Å². The van der Waals surface area contributed by atoms with Crippen LogP contribution in [-0.2, 0) is 9.80 Å². The molecule has 2 N–H and O–H groups in total. The lowest BCUT2D eigenvalue weighted by atomic mass is 10.3. The van der Waals surface area contributed by atoms with Crippen molar-refractivity contribution in [3.8, 4) is 5.75 Å². The van der Waals surface area contributed by atoms with E-state index in [4.69, 9.17) is 0 Å². The third-order valence-electron chi connectivity index (χ3n) is 2.04. The standard InChI is InChI=1S/C7H4N2O3S/c10-4-2-1-3-5-6(4)13(11,12)7(8-3)9-5/h1-2,10H,(H,11,12). The van der Waals surface area contributed by atoms with E-state index in [0.29, 0.717) is 10.7 Å². The minimum atomic E-state index is -3.36. The number of rotatable bonds is 0. The highest BCUT2D eigenvalue weighted by atomic mass is 32.2. The lowest BCUT2D eigenvalue weighted by Crippen LogP contribution is -2.29. The zero-order valence-electron chi connectivity index (χ0n) is 6.26. The molecule has 2 aliphatic heterocycles. The Bertz CT molecular complexity index is 668. The second-order valence-electron chi connectivity index (χ2n) is 2.81. The molecule has 66 valence electrons. The number of nitrogens with zero attached hydrogens (tertiary/aromatic N) is 2. The van der Waals surface area contributed by atoms with Crippen molar-refractivity contribution in [3.05, 3.63) is 22.8 Å². The molecule has 0 radical (unpaired) electrons. The molecule has 0 spiro atoms. The van der Waals surface area contributed by atoms with Gasteiger partial charge in [-0.3, -0.25) is 0 Å². The van der Waals surface area contributed by atoms with Crippen molar-refractivity contribution < 1.29 is 13.9 Å². The average Bonchev–Trinajstić information content (AvgIpc) is 2.55. The first kappa shape index (κ1) is 7.05. The third-order valence-corrected chi connectivity index (χ3v) is 3.67. The smallest absolute Gasteiger partial charge is 0.238 e. The molecule has 2 bridgehead atoms. The molecule has 1 atom stereocenters. The van der Waals surface area contributed by atoms with E-state index in [9.17, 15) is 13.9 Å². The summed E-state index contributed by atoms with van der Waals surface area (Å²) >= 11 is 0. The van der Waals surface area contributed by atoms with Crippen molar-refractivity contribution in [3.63, 3.8) is 0 Å². The van der Waals surface area contributed by atoms with Gasteiger partial charge in [0, 0.05) is 0 Å². The van der Waals surface area contributed by atoms with Crippen LogP contribution in [-0.4, -0.2) is 19.0 Å². The van der Waals surface area contributed by atoms with Crippen molar-refractivity contribution >= 4 is 14.9 Å². The van der Waals surface area contributed by atoms with Gasteiger partial charge in [0.15, 0.2) is 9.80 Å². The highest BCUT2D eigenvalue weighted by molar-refractivity contribution is 7.97. The first-order valence-corrected chi connectivity index (χ1v) is 5.05. The van der Waals surface area contributed by atoms with Crippen LogP contribution in [0, 0.1) is 0 Å². The first-order chi connectivity index (χ1) is 6.10. The summed E-state index contributed by atoms with van der Waals surface area (Å²) in [6.07, 6.45) is 0. The molecule has 6 heteroatoms. The van der Waals surface area contributed by atoms with Crippen LogP contribution in [0.25, 0.3) is 0 Å². The fourth-order valence-corrected chi connectivity index (χ4v) is 2.84. The lowest BCUT2D eigenvalue weighted by Gasteiger charge is -2.04. The van der Waals surface area contributed by atoms with E-state index < -0.39 is 9.80 Å². The van der Waals surface area contributed by atoms with Crippen LogP contribution >= 0.6 is 0 Å². The summed E-state index contributed by atoms with van der Waals surface area (Å²) in [5, 5.41) is 10.2. The van der Waals surface area contributed by atoms with Gasteiger partial charge in [-0.1, -0.05) is 0 Å². The molecular formula is C7H4N2O3S. The molecule has 2 heterocycles. The van der Waals surface area contributed by atoms with Crippen LogP contribution in [0.5, 0.6) is 5.75 Å². The highest BCUT2D eigenvalue weighted by Crippen LogP contribution is 2.22. The summed E-state index contributed by atoms with van der Waals surface area (Å²) in [4.78, 5) is 7.67. The molecule has 13 heavy (non-hydrogen) atoms. The van der Waals surface area contributed by atoms with Gasteiger partial charge >= 0.3 is 0 Å². The van der Waals surface area contributed by atoms with E-state index in [0.717, 1.165) is 0 Å². The van der Waals surface area contributed by atoms with Gasteiger partial charge in [0.2, 0.25) is 5.11 Å². The molecule has 1 aromatic carbocycles. The Morgan fingerprint density at radius 2 is 2.08 bits per heavy atom. The van der Waals surface area contributed by atoms with E-state index in [2.05, 4.69) is 9.98 Å². The maximum absolute atomic E-state index is 11.6. The Kier molecular flexibility index (Phi) is 0.951. The maximum atomic E-state index is 11.6. The molecular weight excluding hydrogens is 192 g/mol. The normalized spacial score (nSPS) is 27.3. The molecule has 5 nitrogen and oxygen atoms in total. The van der Waals surface area contributed by atoms with E-state index in [1.807, 2.05) is 0 Å². The molecule has 3 rings (SSSR count). The van der Waals surface area contributed by atoms with Crippen LogP contribution in [0.2, 0.25) is 0 Å². The van der Waals surface area contributed by atoms with Gasteiger partial charge in [-0.05, 0) is 12.1 Å². The van der Waals surface area contributed by atoms with Gasteiger partial charge in [0.25, 0.3) is 0 Å². The van der Waals surface area contributed by atoms with E-state index >= 15 is 0 Å². The van der Waals surface area contributed by atoms with Crippen LogP contribution < -0.4 is 10.7 Å². The Hall–Kier alpha value is -1.40. The monoisotopic (exact) mass is 196 g/mol. The number of phenolic OH excluding ortho intramolecular Hbond substituents is 1. The van der Waals surface area contributed by atoms with Gasteiger partial charge in [-0.15, -0.1) is 0 Å². The summed E-state index contributed by atoms with van der Waals surface area (Å²) in [6, 6.07) is 2.92. The summed E-state index contributed by atoms with van der Waals surface area (Å²) in [5.41, 5.74) is 0. The molecule has 0 aliphatic carbocycles. The first-order valence-electron chi connectivity index (χ1n) is 3.54. The fraction of sp³-hybridized carbons (Fsp3) is 0. The summed E-state index contributed by atoms with van der Waals surface area (Å²) in [7, 11) is -3.36. The van der Waals surface area contributed by atoms with Gasteiger partial charge in [0.05, 0.1) is 5.36 Å². The quantitative estimate of drug-likeness (QED) is 0.515. The maximum Gasteiger partial charge on any atom is 0.238 e. The van der Waals surface area contributed by atoms with Crippen molar-refractivity contribution in [2.45, 2.75) is 4.90 Å². The molecule has 0 aromatic heterocycles. The minimum absolute atomic E-state index is 0.00926. The van der Waals surface area contributed by atoms with Gasteiger partial charge in [-0.2, -0.15) is 0 Å². The largest absolute Gasteiger partial charge is 0.507 e. The van der Waals surface area contributed by atoms with E-state index in [-0.39, 0.29) is 15.8 Å². The van der Waals surface area contributed by atoms with Gasteiger partial charge < -0.3 is 9.66 Å². The summed E-state index contributed by atoms with van der Waals surface area (Å²) < 4.78 is 21.1. The van der Waals surface area contributed by atoms with E-state index in [1.54, 1.807) is 6.07 Å². The topological polar surface area (TPSA) is 82.2 Å². The van der Waals surface area contributed by atoms with E-state index in [1.165, 1.54) is 6.07 Å². The van der Waals surface area contributed by atoms with Crippen molar-refractivity contribution in [2.75, 3.05) is 0 Å². The Morgan fingerprint density at radius 3 is 2.69 bits per heavy atom. The molecule has 0 saturated carbocycles. The SMILES string of the molecule is O=S1(O)=C2N=c3ccc(O)c1c3=N2. The van der Waals surface area contributed by atoms with Crippen molar-refractivity contribution in [1.29, 1.82) is 0 Å². The molecule has 1 aromatic rings. The molecule has 1 unspecified atom stereocenters. The molecule has 0 saturated heterocycles. The number of phenols is 1.